The number of nitrogens with zero attached hydrogens (tertiary/aromatic N) is 2. The number of pyridine rings is 1. The first-order chi connectivity index (χ1) is 11.3. The molecule has 0 aliphatic carbocycles. The molecule has 0 atom stereocenters. The van der Waals surface area contributed by atoms with Crippen LogP contribution >= 0.6 is 12.2 Å². The zero-order valence-corrected chi connectivity index (χ0v) is 13.2. The molecule has 1 heterocycles. The van der Waals surface area contributed by atoms with Crippen LogP contribution in [-0.4, -0.2) is 10.1 Å². The Bertz CT molecular complexity index is 708. The van der Waals surface area contributed by atoms with Crippen molar-refractivity contribution in [2.45, 2.75) is 0 Å². The van der Waals surface area contributed by atoms with Crippen molar-refractivity contribution in [3.05, 3.63) is 85.2 Å². The summed E-state index contributed by atoms with van der Waals surface area (Å²) in [5.41, 5.74) is 6.05. The van der Waals surface area contributed by atoms with Gasteiger partial charge in [-0.25, -0.2) is 0 Å². The molecule has 0 unspecified atom stereocenters. The van der Waals surface area contributed by atoms with E-state index >= 15 is 0 Å². The highest BCUT2D eigenvalue weighted by molar-refractivity contribution is 7.80. The number of hydrogen-bond acceptors (Lipinski definition) is 3. The largest absolute Gasteiger partial charge is 0.330 e. The van der Waals surface area contributed by atoms with Crippen LogP contribution in [0.15, 0.2) is 85.2 Å². The molecule has 0 radical (unpaired) electrons. The summed E-state index contributed by atoms with van der Waals surface area (Å²) < 4.78 is 0. The SMILES string of the molecule is S=C(Nc1cccnc1)NN(c1ccccc1)c1ccccc1. The summed E-state index contributed by atoms with van der Waals surface area (Å²) >= 11 is 5.42. The summed E-state index contributed by atoms with van der Waals surface area (Å²) in [4.78, 5) is 4.07. The topological polar surface area (TPSA) is 40.2 Å². The summed E-state index contributed by atoms with van der Waals surface area (Å²) in [5.74, 6) is 0. The highest BCUT2D eigenvalue weighted by atomic mass is 32.1. The molecule has 0 aliphatic heterocycles. The Balaban J connectivity index is 1.81. The number of benzene rings is 2. The van der Waals surface area contributed by atoms with E-state index in [0.29, 0.717) is 5.11 Å². The average molecular weight is 320 g/mol. The van der Waals surface area contributed by atoms with Crippen molar-refractivity contribution < 1.29 is 0 Å². The van der Waals surface area contributed by atoms with Crippen LogP contribution in [0.25, 0.3) is 0 Å². The molecule has 0 bridgehead atoms. The second-order valence-electron chi connectivity index (χ2n) is 4.81. The van der Waals surface area contributed by atoms with E-state index in [4.69, 9.17) is 12.2 Å². The first-order valence-electron chi connectivity index (χ1n) is 7.21. The van der Waals surface area contributed by atoms with Crippen molar-refractivity contribution in [2.75, 3.05) is 10.3 Å². The molecule has 114 valence electrons. The van der Waals surface area contributed by atoms with E-state index in [2.05, 4.69) is 15.7 Å². The minimum atomic E-state index is 0.491. The number of para-hydroxylation sites is 2. The molecule has 1 aromatic heterocycles. The van der Waals surface area contributed by atoms with Crippen molar-refractivity contribution in [3.63, 3.8) is 0 Å². The number of thiocarbonyl (C=S) groups is 1. The minimum absolute atomic E-state index is 0.491. The molecular weight excluding hydrogens is 304 g/mol. The molecule has 0 fully saturated rings. The van der Waals surface area contributed by atoms with E-state index in [0.717, 1.165) is 17.1 Å². The van der Waals surface area contributed by atoms with Crippen LogP contribution in [0.2, 0.25) is 0 Å². The van der Waals surface area contributed by atoms with Gasteiger partial charge < -0.3 is 5.32 Å². The van der Waals surface area contributed by atoms with E-state index < -0.39 is 0 Å². The zero-order valence-electron chi connectivity index (χ0n) is 12.4. The number of hydrogen-bond donors (Lipinski definition) is 2. The quantitative estimate of drug-likeness (QED) is 0.559. The molecule has 0 aliphatic rings. The lowest BCUT2D eigenvalue weighted by atomic mass is 10.2. The monoisotopic (exact) mass is 320 g/mol. The molecule has 2 aromatic carbocycles. The Labute approximate surface area is 140 Å². The third-order valence-corrected chi connectivity index (χ3v) is 3.35. The molecule has 4 nitrogen and oxygen atoms in total. The Morgan fingerprint density at radius 3 is 1.96 bits per heavy atom. The normalized spacial score (nSPS) is 9.91. The van der Waals surface area contributed by atoms with Crippen molar-refractivity contribution in [1.29, 1.82) is 0 Å². The molecule has 0 amide bonds. The van der Waals surface area contributed by atoms with E-state index in [1.807, 2.05) is 77.8 Å². The predicted molar refractivity (Wildman–Crippen MR) is 98.6 cm³/mol. The van der Waals surface area contributed by atoms with Crippen LogP contribution in [0.3, 0.4) is 0 Å². The summed E-state index contributed by atoms with van der Waals surface area (Å²) in [6.45, 7) is 0. The number of aromatic nitrogens is 1. The lowest BCUT2D eigenvalue weighted by Crippen LogP contribution is -2.41. The summed E-state index contributed by atoms with van der Waals surface area (Å²) in [5, 5.41) is 5.56. The standard InChI is InChI=1S/C18H16N4S/c23-18(20-15-8-7-13-19-14-15)21-22(16-9-3-1-4-10-16)17-11-5-2-6-12-17/h1-14H,(H2,20,21,23). The minimum Gasteiger partial charge on any atom is -0.330 e. The van der Waals surface area contributed by atoms with Gasteiger partial charge in [0.15, 0.2) is 5.11 Å². The van der Waals surface area contributed by atoms with Crippen molar-refractivity contribution in [1.82, 2.24) is 10.4 Å². The highest BCUT2D eigenvalue weighted by Gasteiger charge is 2.10. The van der Waals surface area contributed by atoms with Gasteiger partial charge in [0.25, 0.3) is 0 Å². The van der Waals surface area contributed by atoms with E-state index in [9.17, 15) is 0 Å². The molecule has 23 heavy (non-hydrogen) atoms. The first-order valence-corrected chi connectivity index (χ1v) is 7.61. The predicted octanol–water partition coefficient (Wildman–Crippen LogP) is 4.12. The first kappa shape index (κ1) is 15.0. The van der Waals surface area contributed by atoms with Crippen LogP contribution < -0.4 is 15.8 Å². The van der Waals surface area contributed by atoms with Gasteiger partial charge >= 0.3 is 0 Å². The van der Waals surface area contributed by atoms with Gasteiger partial charge in [0, 0.05) is 6.20 Å². The number of nitrogens with one attached hydrogen (secondary N) is 2. The molecular formula is C18H16N4S. The van der Waals surface area contributed by atoms with Crippen molar-refractivity contribution in [3.8, 4) is 0 Å². The van der Waals surface area contributed by atoms with Gasteiger partial charge in [0.2, 0.25) is 0 Å². The number of anilines is 3. The Morgan fingerprint density at radius 1 is 0.826 bits per heavy atom. The lowest BCUT2D eigenvalue weighted by Gasteiger charge is -2.27. The third-order valence-electron chi connectivity index (χ3n) is 3.16. The number of rotatable bonds is 4. The second kappa shape index (κ2) is 7.38. The molecule has 0 saturated carbocycles. The lowest BCUT2D eigenvalue weighted by molar-refractivity contribution is 0.943. The highest BCUT2D eigenvalue weighted by Crippen LogP contribution is 2.22. The fourth-order valence-corrected chi connectivity index (χ4v) is 2.34. The fourth-order valence-electron chi connectivity index (χ4n) is 2.13. The Hall–Kier alpha value is -2.92. The second-order valence-corrected chi connectivity index (χ2v) is 5.22. The van der Waals surface area contributed by atoms with Gasteiger partial charge in [-0.3, -0.25) is 15.4 Å². The molecule has 0 saturated heterocycles. The van der Waals surface area contributed by atoms with E-state index in [1.165, 1.54) is 0 Å². The molecule has 0 spiro atoms. The maximum atomic E-state index is 5.42. The Morgan fingerprint density at radius 2 is 1.43 bits per heavy atom. The maximum absolute atomic E-state index is 5.42. The van der Waals surface area contributed by atoms with Crippen LogP contribution in [0.1, 0.15) is 0 Å². The molecule has 3 rings (SSSR count). The van der Waals surface area contributed by atoms with E-state index in [-0.39, 0.29) is 0 Å². The van der Waals surface area contributed by atoms with Crippen LogP contribution in [0, 0.1) is 0 Å². The van der Waals surface area contributed by atoms with Crippen LogP contribution in [0.4, 0.5) is 17.1 Å². The van der Waals surface area contributed by atoms with Gasteiger partial charge in [0.05, 0.1) is 23.3 Å². The van der Waals surface area contributed by atoms with Crippen LogP contribution in [0.5, 0.6) is 0 Å². The smallest absolute Gasteiger partial charge is 0.190 e. The van der Waals surface area contributed by atoms with E-state index in [1.54, 1.807) is 12.4 Å². The fraction of sp³-hybridized carbons (Fsp3) is 0. The van der Waals surface area contributed by atoms with Crippen molar-refractivity contribution in [2.24, 2.45) is 0 Å². The zero-order chi connectivity index (χ0) is 15.9. The molecule has 2 N–H and O–H groups in total. The van der Waals surface area contributed by atoms with Gasteiger partial charge in [0.1, 0.15) is 0 Å². The van der Waals surface area contributed by atoms with Gasteiger partial charge in [-0.2, -0.15) is 0 Å². The summed E-state index contributed by atoms with van der Waals surface area (Å²) in [6, 6.07) is 23.8. The summed E-state index contributed by atoms with van der Waals surface area (Å²) in [7, 11) is 0. The van der Waals surface area contributed by atoms with Gasteiger partial charge in [-0.1, -0.05) is 36.4 Å². The molecule has 3 aromatic rings. The average Bonchev–Trinajstić information content (AvgIpc) is 2.62. The van der Waals surface area contributed by atoms with Gasteiger partial charge in [-0.15, -0.1) is 0 Å². The van der Waals surface area contributed by atoms with Crippen LogP contribution in [-0.2, 0) is 0 Å². The van der Waals surface area contributed by atoms with Gasteiger partial charge in [-0.05, 0) is 48.6 Å². The molecule has 5 heteroatoms. The van der Waals surface area contributed by atoms with Crippen molar-refractivity contribution >= 4 is 34.4 Å². The maximum Gasteiger partial charge on any atom is 0.190 e. The summed E-state index contributed by atoms with van der Waals surface area (Å²) in [6.07, 6.45) is 3.45. The number of hydrazine groups is 1. The third kappa shape index (κ3) is 4.05. The Kier molecular flexibility index (Phi) is 4.81.